The molecule has 0 N–H and O–H groups in total. The third kappa shape index (κ3) is 3.58. The summed E-state index contributed by atoms with van der Waals surface area (Å²) in [7, 11) is -0.447. The molecule has 2 aromatic carbocycles. The van der Waals surface area contributed by atoms with Gasteiger partial charge in [0.05, 0.1) is 19.1 Å². The zero-order valence-corrected chi connectivity index (χ0v) is 17.7. The summed E-state index contributed by atoms with van der Waals surface area (Å²) in [4.78, 5) is 0.255. The molecule has 1 aliphatic heterocycles. The van der Waals surface area contributed by atoms with Crippen LogP contribution in [0.1, 0.15) is 11.1 Å². The van der Waals surface area contributed by atoms with Gasteiger partial charge in [0.15, 0.2) is 11.5 Å². The van der Waals surface area contributed by atoms with E-state index in [-0.39, 0.29) is 4.90 Å². The average molecular weight is 491 g/mol. The van der Waals surface area contributed by atoms with Crippen molar-refractivity contribution in [3.8, 4) is 11.5 Å². The molecule has 0 saturated carbocycles. The van der Waals surface area contributed by atoms with Crippen LogP contribution in [0.2, 0.25) is 0 Å². The third-order valence-corrected chi connectivity index (χ3v) is 7.53. The second kappa shape index (κ2) is 7.26. The molecule has 0 fully saturated rings. The predicted octanol–water partition coefficient (Wildman–Crippen LogP) is 3.98. The zero-order valence-electron chi connectivity index (χ0n) is 13.8. The first-order chi connectivity index (χ1) is 11.9. The van der Waals surface area contributed by atoms with Gasteiger partial charge in [-0.2, -0.15) is 4.31 Å². The molecule has 0 bridgehead atoms. The van der Waals surface area contributed by atoms with E-state index in [0.29, 0.717) is 35.5 Å². The molecule has 5 nitrogen and oxygen atoms in total. The lowest BCUT2D eigenvalue weighted by Crippen LogP contribution is -2.36. The van der Waals surface area contributed by atoms with E-state index in [1.54, 1.807) is 32.4 Å². The number of halogens is 2. The molecule has 0 amide bonds. The normalized spacial score (nSPS) is 14.9. The van der Waals surface area contributed by atoms with Crippen LogP contribution in [-0.2, 0) is 23.0 Å². The molecule has 0 unspecified atom stereocenters. The number of hydrogen-bond donors (Lipinski definition) is 0. The summed E-state index contributed by atoms with van der Waals surface area (Å²) in [6.45, 7) is 0.723. The fourth-order valence-corrected chi connectivity index (χ4v) is 5.76. The first-order valence-electron chi connectivity index (χ1n) is 7.56. The Morgan fingerprint density at radius 2 is 1.64 bits per heavy atom. The van der Waals surface area contributed by atoms with Gasteiger partial charge in [-0.3, -0.25) is 0 Å². The monoisotopic (exact) mass is 489 g/mol. The maximum absolute atomic E-state index is 13.1. The van der Waals surface area contributed by atoms with Crippen LogP contribution in [0.25, 0.3) is 0 Å². The summed E-state index contributed by atoms with van der Waals surface area (Å²) in [6, 6.07) is 8.91. The van der Waals surface area contributed by atoms with E-state index >= 15 is 0 Å². The number of nitrogens with zero attached hydrogens (tertiary/aromatic N) is 1. The molecule has 25 heavy (non-hydrogen) atoms. The van der Waals surface area contributed by atoms with E-state index in [1.807, 2.05) is 12.1 Å². The average Bonchev–Trinajstić information content (AvgIpc) is 2.61. The summed E-state index contributed by atoms with van der Waals surface area (Å²) in [5.41, 5.74) is 2.01. The Bertz CT molecular complexity index is 915. The Balaban J connectivity index is 1.98. The van der Waals surface area contributed by atoms with Gasteiger partial charge in [0.25, 0.3) is 0 Å². The van der Waals surface area contributed by atoms with E-state index in [9.17, 15) is 8.42 Å². The second-order valence-corrected chi connectivity index (χ2v) is 9.32. The minimum Gasteiger partial charge on any atom is -0.493 e. The van der Waals surface area contributed by atoms with Crippen LogP contribution < -0.4 is 9.47 Å². The quantitative estimate of drug-likeness (QED) is 0.650. The summed E-state index contributed by atoms with van der Waals surface area (Å²) in [5.74, 6) is 1.26. The lowest BCUT2D eigenvalue weighted by Gasteiger charge is -2.29. The second-order valence-electron chi connectivity index (χ2n) is 5.64. The Morgan fingerprint density at radius 1 is 1.00 bits per heavy atom. The molecular weight excluding hydrogens is 474 g/mol. The molecule has 1 aliphatic rings. The van der Waals surface area contributed by atoms with E-state index in [2.05, 4.69) is 31.9 Å². The maximum atomic E-state index is 13.1. The number of ether oxygens (including phenoxy) is 2. The molecule has 0 spiro atoms. The van der Waals surface area contributed by atoms with Crippen LogP contribution in [0.15, 0.2) is 44.2 Å². The molecule has 134 valence electrons. The van der Waals surface area contributed by atoms with Crippen molar-refractivity contribution in [2.24, 2.45) is 0 Å². The van der Waals surface area contributed by atoms with E-state index in [0.717, 1.165) is 15.6 Å². The minimum atomic E-state index is -3.61. The molecule has 3 rings (SSSR count). The number of fused-ring (bicyclic) bond motifs is 1. The number of hydrogen-bond acceptors (Lipinski definition) is 4. The Labute approximate surface area is 164 Å². The van der Waals surface area contributed by atoms with Crippen molar-refractivity contribution >= 4 is 41.9 Å². The number of sulfonamides is 1. The highest BCUT2D eigenvalue weighted by atomic mass is 79.9. The van der Waals surface area contributed by atoms with E-state index in [4.69, 9.17) is 9.47 Å². The summed E-state index contributed by atoms with van der Waals surface area (Å²) < 4.78 is 39.6. The smallest absolute Gasteiger partial charge is 0.244 e. The standard InChI is InChI=1S/C17H17Br2NO4S/c1-23-15-7-11-5-6-20(10-12(11)8-16(15)24-2)25(21,22)17-9-13(18)3-4-14(17)19/h3-4,7-9H,5-6,10H2,1-2H3. The Kier molecular flexibility index (Phi) is 5.43. The van der Waals surface area contributed by atoms with Crippen molar-refractivity contribution in [2.75, 3.05) is 20.8 Å². The van der Waals surface area contributed by atoms with E-state index < -0.39 is 10.0 Å². The van der Waals surface area contributed by atoms with Crippen LogP contribution in [0.3, 0.4) is 0 Å². The highest BCUT2D eigenvalue weighted by molar-refractivity contribution is 9.11. The molecule has 0 atom stereocenters. The van der Waals surface area contributed by atoms with E-state index in [1.165, 1.54) is 4.31 Å². The molecule has 2 aromatic rings. The Morgan fingerprint density at radius 3 is 2.28 bits per heavy atom. The van der Waals surface area contributed by atoms with Crippen molar-refractivity contribution in [1.29, 1.82) is 0 Å². The molecule has 0 aliphatic carbocycles. The van der Waals surface area contributed by atoms with Crippen molar-refractivity contribution in [3.05, 3.63) is 50.4 Å². The number of rotatable bonds is 4. The lowest BCUT2D eigenvalue weighted by atomic mass is 10.0. The SMILES string of the molecule is COc1cc2c(cc1OC)CN(S(=O)(=O)c1cc(Br)ccc1Br)CC2. The van der Waals surface area contributed by atoms with Crippen molar-refractivity contribution in [3.63, 3.8) is 0 Å². The summed E-state index contributed by atoms with van der Waals surface area (Å²) >= 11 is 6.68. The van der Waals surface area contributed by atoms with Gasteiger partial charge in [0, 0.05) is 22.0 Å². The topological polar surface area (TPSA) is 55.8 Å². The van der Waals surface area contributed by atoms with Crippen LogP contribution in [-0.4, -0.2) is 33.5 Å². The predicted molar refractivity (Wildman–Crippen MR) is 103 cm³/mol. The number of benzene rings is 2. The van der Waals surface area contributed by atoms with Crippen molar-refractivity contribution < 1.29 is 17.9 Å². The fraction of sp³-hybridized carbons (Fsp3) is 0.294. The summed E-state index contributed by atoms with van der Waals surface area (Å²) in [6.07, 6.45) is 0.626. The van der Waals surface area contributed by atoms with Gasteiger partial charge in [-0.05, 0) is 63.8 Å². The molecule has 8 heteroatoms. The number of methoxy groups -OCH3 is 2. The van der Waals surface area contributed by atoms with Crippen molar-refractivity contribution in [1.82, 2.24) is 4.31 Å². The van der Waals surface area contributed by atoms with Gasteiger partial charge < -0.3 is 9.47 Å². The van der Waals surface area contributed by atoms with Gasteiger partial charge in [0.2, 0.25) is 10.0 Å². The van der Waals surface area contributed by atoms with Crippen LogP contribution in [0.5, 0.6) is 11.5 Å². The molecule has 0 saturated heterocycles. The Hall–Kier alpha value is -1.09. The van der Waals surface area contributed by atoms with Crippen LogP contribution >= 0.6 is 31.9 Å². The highest BCUT2D eigenvalue weighted by Crippen LogP contribution is 2.36. The maximum Gasteiger partial charge on any atom is 0.244 e. The molecule has 0 aromatic heterocycles. The van der Waals surface area contributed by atoms with Crippen LogP contribution in [0.4, 0.5) is 0 Å². The molecule has 0 radical (unpaired) electrons. The third-order valence-electron chi connectivity index (χ3n) is 4.19. The van der Waals surface area contributed by atoms with Crippen molar-refractivity contribution in [2.45, 2.75) is 17.9 Å². The first kappa shape index (κ1) is 18.7. The fourth-order valence-electron chi connectivity index (χ4n) is 2.88. The van der Waals surface area contributed by atoms with Crippen LogP contribution in [0, 0.1) is 0 Å². The van der Waals surface area contributed by atoms with Gasteiger partial charge in [-0.25, -0.2) is 8.42 Å². The molecule has 1 heterocycles. The first-order valence-corrected chi connectivity index (χ1v) is 10.6. The largest absolute Gasteiger partial charge is 0.493 e. The lowest BCUT2D eigenvalue weighted by molar-refractivity contribution is 0.348. The highest BCUT2D eigenvalue weighted by Gasteiger charge is 2.30. The zero-order chi connectivity index (χ0) is 18.2. The van der Waals surface area contributed by atoms with Gasteiger partial charge in [-0.1, -0.05) is 15.9 Å². The van der Waals surface area contributed by atoms with Gasteiger partial charge in [0.1, 0.15) is 0 Å². The van der Waals surface area contributed by atoms with Gasteiger partial charge in [-0.15, -0.1) is 0 Å². The summed E-state index contributed by atoms with van der Waals surface area (Å²) in [5, 5.41) is 0. The molecular formula is C17H17Br2NO4S. The minimum absolute atomic E-state index is 0.255. The van der Waals surface area contributed by atoms with Gasteiger partial charge >= 0.3 is 0 Å².